The fourth-order valence-electron chi connectivity index (χ4n) is 2.08. The molecule has 0 bridgehead atoms. The first-order valence-corrected chi connectivity index (χ1v) is 8.75. The van der Waals surface area contributed by atoms with Crippen molar-refractivity contribution in [3.05, 3.63) is 72.6 Å². The van der Waals surface area contributed by atoms with Crippen molar-refractivity contribution in [3.63, 3.8) is 0 Å². The van der Waals surface area contributed by atoms with Gasteiger partial charge in [-0.25, -0.2) is 4.98 Å². The van der Waals surface area contributed by atoms with Crippen LogP contribution in [0.2, 0.25) is 0 Å². The van der Waals surface area contributed by atoms with Crippen molar-refractivity contribution in [3.8, 4) is 22.5 Å². The van der Waals surface area contributed by atoms with Gasteiger partial charge >= 0.3 is 10.4 Å². The molecular weight excluding hydrogens is 340 g/mol. The van der Waals surface area contributed by atoms with E-state index in [1.54, 1.807) is 0 Å². The molecule has 0 fully saturated rings. The minimum atomic E-state index is -4.16. The summed E-state index contributed by atoms with van der Waals surface area (Å²) in [5, 5.41) is 0. The summed E-state index contributed by atoms with van der Waals surface area (Å²) in [5.41, 5.74) is 4.98. The van der Waals surface area contributed by atoms with Gasteiger partial charge in [-0.3, -0.25) is 13.7 Å². The predicted molar refractivity (Wildman–Crippen MR) is 96.2 cm³/mol. The number of hydrogen-bond acceptors (Lipinski definition) is 5. The second-order valence-electron chi connectivity index (χ2n) is 5.04. The van der Waals surface area contributed by atoms with E-state index in [9.17, 15) is 8.42 Å². The maximum Gasteiger partial charge on any atom is 0.397 e. The maximum atomic E-state index is 9.33. The van der Waals surface area contributed by atoms with Gasteiger partial charge < -0.3 is 0 Å². The predicted octanol–water partition coefficient (Wildman–Crippen LogP) is 3.55. The zero-order chi connectivity index (χ0) is 18.3. The molecule has 1 N–H and O–H groups in total. The van der Waals surface area contributed by atoms with Crippen LogP contribution in [0.3, 0.4) is 0 Å². The van der Waals surface area contributed by atoms with Crippen molar-refractivity contribution in [2.24, 2.45) is 0 Å². The highest BCUT2D eigenvalue weighted by atomic mass is 32.3. The Morgan fingerprint density at radius 2 is 1.32 bits per heavy atom. The van der Waals surface area contributed by atoms with Crippen LogP contribution in [0.25, 0.3) is 22.5 Å². The van der Waals surface area contributed by atoms with Gasteiger partial charge in [0.15, 0.2) is 0 Å². The molecule has 0 unspecified atom stereocenters. The van der Waals surface area contributed by atoms with Gasteiger partial charge in [-0.05, 0) is 6.92 Å². The summed E-state index contributed by atoms with van der Waals surface area (Å²) in [6.45, 7) is 1.97. The Morgan fingerprint density at radius 3 is 1.76 bits per heavy atom. The smallest absolute Gasteiger partial charge is 0.264 e. The zero-order valence-corrected chi connectivity index (χ0v) is 14.6. The average molecular weight is 358 g/mol. The lowest BCUT2D eigenvalue weighted by molar-refractivity contribution is 0.324. The normalized spacial score (nSPS) is 10.7. The summed E-state index contributed by atoms with van der Waals surface area (Å²) in [6, 6.07) is 20.4. The van der Waals surface area contributed by atoms with E-state index in [-0.39, 0.29) is 0 Å². The second-order valence-corrected chi connectivity index (χ2v) is 6.22. The Morgan fingerprint density at radius 1 is 0.880 bits per heavy atom. The standard InChI is InChI=1S/C17H14N2.CH4O4S/c1-13-12-18-16(14-8-4-2-5-9-14)17(19-13)15-10-6-3-7-11-15;1-5-6(2,3)4/h2-12H,1H3;1H3,(H,2,3,4). The molecule has 0 saturated heterocycles. The molecule has 0 aliphatic rings. The van der Waals surface area contributed by atoms with Crippen LogP contribution in [-0.2, 0) is 14.6 Å². The molecule has 0 aliphatic heterocycles. The van der Waals surface area contributed by atoms with Gasteiger partial charge in [-0.2, -0.15) is 8.42 Å². The minimum Gasteiger partial charge on any atom is -0.264 e. The van der Waals surface area contributed by atoms with Crippen LogP contribution in [-0.4, -0.2) is 30.0 Å². The Balaban J connectivity index is 0.000000326. The third-order valence-electron chi connectivity index (χ3n) is 3.20. The Hall–Kier alpha value is -2.61. The monoisotopic (exact) mass is 358 g/mol. The molecule has 1 heterocycles. The number of aromatic nitrogens is 2. The highest BCUT2D eigenvalue weighted by Gasteiger charge is 2.10. The quantitative estimate of drug-likeness (QED) is 0.720. The van der Waals surface area contributed by atoms with Crippen LogP contribution in [0.15, 0.2) is 66.9 Å². The van der Waals surface area contributed by atoms with Crippen LogP contribution in [0.4, 0.5) is 0 Å². The molecule has 6 nitrogen and oxygen atoms in total. The molecule has 7 heteroatoms. The Labute approximate surface area is 147 Å². The van der Waals surface area contributed by atoms with E-state index in [1.807, 2.05) is 49.5 Å². The molecule has 130 valence electrons. The fourth-order valence-corrected chi connectivity index (χ4v) is 2.08. The molecule has 0 aliphatic carbocycles. The average Bonchev–Trinajstić information content (AvgIpc) is 2.63. The van der Waals surface area contributed by atoms with Crippen molar-refractivity contribution < 1.29 is 17.2 Å². The van der Waals surface area contributed by atoms with E-state index in [0.29, 0.717) is 0 Å². The van der Waals surface area contributed by atoms with Gasteiger partial charge in [-0.15, -0.1) is 0 Å². The molecule has 3 rings (SSSR count). The van der Waals surface area contributed by atoms with Crippen molar-refractivity contribution in [2.45, 2.75) is 6.92 Å². The SMILES string of the molecule is COS(=O)(=O)O.Cc1cnc(-c2ccccc2)c(-c2ccccc2)n1. The van der Waals surface area contributed by atoms with Crippen molar-refractivity contribution in [1.82, 2.24) is 9.97 Å². The molecule has 0 radical (unpaired) electrons. The molecule has 25 heavy (non-hydrogen) atoms. The van der Waals surface area contributed by atoms with E-state index in [2.05, 4.69) is 38.4 Å². The molecule has 0 amide bonds. The number of nitrogens with zero attached hydrogens (tertiary/aromatic N) is 2. The van der Waals surface area contributed by atoms with E-state index in [1.165, 1.54) is 0 Å². The largest absolute Gasteiger partial charge is 0.397 e. The number of hydrogen-bond donors (Lipinski definition) is 1. The summed E-state index contributed by atoms with van der Waals surface area (Å²) in [4.78, 5) is 9.22. The minimum absolute atomic E-state index is 0.870. The molecule has 0 atom stereocenters. The first-order valence-electron chi connectivity index (χ1n) is 7.38. The first kappa shape index (κ1) is 18.7. The zero-order valence-electron chi connectivity index (χ0n) is 13.8. The Bertz CT molecular complexity index is 914. The van der Waals surface area contributed by atoms with Gasteiger partial charge in [0.25, 0.3) is 0 Å². The third kappa shape index (κ3) is 5.75. The van der Waals surface area contributed by atoms with Crippen molar-refractivity contribution in [2.75, 3.05) is 7.11 Å². The van der Waals surface area contributed by atoms with Crippen molar-refractivity contribution >= 4 is 10.4 Å². The third-order valence-corrected chi connectivity index (χ3v) is 3.62. The first-order chi connectivity index (χ1) is 11.9. The van der Waals surface area contributed by atoms with Crippen LogP contribution < -0.4 is 0 Å². The van der Waals surface area contributed by atoms with Crippen molar-refractivity contribution in [1.29, 1.82) is 0 Å². The van der Waals surface area contributed by atoms with Gasteiger partial charge in [0.2, 0.25) is 0 Å². The lowest BCUT2D eigenvalue weighted by atomic mass is 10.0. The topological polar surface area (TPSA) is 89.4 Å². The lowest BCUT2D eigenvalue weighted by Gasteiger charge is -2.09. The van der Waals surface area contributed by atoms with Crippen LogP contribution in [0.5, 0.6) is 0 Å². The van der Waals surface area contributed by atoms with Gasteiger partial charge in [0, 0.05) is 17.3 Å². The maximum absolute atomic E-state index is 9.33. The molecule has 0 spiro atoms. The lowest BCUT2D eigenvalue weighted by Crippen LogP contribution is -1.96. The highest BCUT2D eigenvalue weighted by Crippen LogP contribution is 2.28. The summed E-state index contributed by atoms with van der Waals surface area (Å²) < 4.78 is 29.7. The molecule has 2 aromatic carbocycles. The summed E-state index contributed by atoms with van der Waals surface area (Å²) in [5.74, 6) is 0. The van der Waals surface area contributed by atoms with E-state index >= 15 is 0 Å². The molecular formula is C18H18N2O4S. The molecule has 1 aromatic heterocycles. The van der Waals surface area contributed by atoms with E-state index in [4.69, 9.17) is 4.55 Å². The van der Waals surface area contributed by atoms with Crippen LogP contribution in [0.1, 0.15) is 5.69 Å². The summed E-state index contributed by atoms with van der Waals surface area (Å²) in [7, 11) is -3.29. The van der Waals surface area contributed by atoms with Gasteiger partial charge in [0.1, 0.15) is 0 Å². The summed E-state index contributed by atoms with van der Waals surface area (Å²) in [6.07, 6.45) is 1.81. The number of aryl methyl sites for hydroxylation is 1. The van der Waals surface area contributed by atoms with Crippen LogP contribution in [0, 0.1) is 6.92 Å². The van der Waals surface area contributed by atoms with Gasteiger partial charge in [-0.1, -0.05) is 60.7 Å². The molecule has 3 aromatic rings. The van der Waals surface area contributed by atoms with Crippen LogP contribution >= 0.6 is 0 Å². The van der Waals surface area contributed by atoms with E-state index in [0.717, 1.165) is 35.3 Å². The van der Waals surface area contributed by atoms with E-state index < -0.39 is 10.4 Å². The highest BCUT2D eigenvalue weighted by molar-refractivity contribution is 7.80. The number of rotatable bonds is 3. The second kappa shape index (κ2) is 8.48. The number of benzene rings is 2. The summed E-state index contributed by atoms with van der Waals surface area (Å²) >= 11 is 0. The van der Waals surface area contributed by atoms with Gasteiger partial charge in [0.05, 0.1) is 24.2 Å². The fraction of sp³-hybridized carbons (Fsp3) is 0.111. The Kier molecular flexibility index (Phi) is 6.35. The molecule has 0 saturated carbocycles.